The molecule has 0 aromatic carbocycles. The molecule has 2 aromatic heterocycles. The molecule has 2 aromatic rings. The van der Waals surface area contributed by atoms with Gasteiger partial charge in [0.1, 0.15) is 2.74 Å². The van der Waals surface area contributed by atoms with E-state index in [1.807, 2.05) is 0 Å². The van der Waals surface area contributed by atoms with Gasteiger partial charge < -0.3 is 19.8 Å². The number of aromatic nitrogens is 4. The van der Waals surface area contributed by atoms with E-state index in [-0.39, 0.29) is 54.4 Å². The lowest BCUT2D eigenvalue weighted by atomic mass is 10.3. The van der Waals surface area contributed by atoms with Crippen LogP contribution in [0.2, 0.25) is 0 Å². The normalized spacial score (nSPS) is 16.3. The van der Waals surface area contributed by atoms with Crippen LogP contribution in [0.25, 0.3) is 0 Å². The summed E-state index contributed by atoms with van der Waals surface area (Å²) >= 11 is 0. The molecule has 2 heterocycles. The Morgan fingerprint density at radius 1 is 1.40 bits per heavy atom. The molecule has 0 saturated carbocycles. The summed E-state index contributed by atoms with van der Waals surface area (Å²) in [5.74, 6) is -0.835. The quantitative estimate of drug-likeness (QED) is 0.746. The topological polar surface area (TPSA) is 104 Å². The van der Waals surface area contributed by atoms with Crippen LogP contribution in [0, 0.1) is 13.7 Å². The number of aliphatic hydroxyl groups is 1. The van der Waals surface area contributed by atoms with Gasteiger partial charge in [-0.25, -0.2) is 14.8 Å². The highest BCUT2D eigenvalue weighted by molar-refractivity contribution is 5.88. The van der Waals surface area contributed by atoms with Crippen LogP contribution in [-0.4, -0.2) is 37.6 Å². The summed E-state index contributed by atoms with van der Waals surface area (Å²) in [5.41, 5.74) is -0.845. The Balaban J connectivity index is 0.000000514. The minimum absolute atomic E-state index is 0. The number of aryl methyl sites for hydroxylation is 2. The Morgan fingerprint density at radius 2 is 2.05 bits per heavy atom. The Labute approximate surface area is 134 Å². The first-order valence-electron chi connectivity index (χ1n) is 9.22. The second kappa shape index (κ2) is 9.11. The third-order valence-corrected chi connectivity index (χ3v) is 1.86. The zero-order valence-electron chi connectivity index (χ0n) is 18.5. The molecule has 0 unspecified atom stereocenters. The predicted molar refractivity (Wildman–Crippen MR) is 75.8 cm³/mol. The fraction of sp³-hybridized carbons (Fsp3) is 0.417. The van der Waals surface area contributed by atoms with Crippen molar-refractivity contribution in [1.29, 1.82) is 0 Å². The number of hydrogen-bond donors (Lipinski definition) is 3. The van der Waals surface area contributed by atoms with E-state index in [0.29, 0.717) is 0 Å². The summed E-state index contributed by atoms with van der Waals surface area (Å²) in [6, 6.07) is 0. The average Bonchev–Trinajstić information content (AvgIpc) is 3.10. The van der Waals surface area contributed by atoms with E-state index in [9.17, 15) is 4.79 Å². The van der Waals surface area contributed by atoms with Crippen molar-refractivity contribution in [3.63, 3.8) is 0 Å². The van der Waals surface area contributed by atoms with Crippen LogP contribution in [0.1, 0.15) is 45.5 Å². The standard InChI is InChI=1S/C7H10N2O2.C5H8N2O.ClH/c1-3-11-7(10)6-5(2)8-4-9-6;1-4-5(2-8)7-3-6-4;/h4H,3H2,1-2H3,(H,8,9);3,8H,2H2,1H3,(H,6,7);1H/i2D3,4D;1D3,3D;. The summed E-state index contributed by atoms with van der Waals surface area (Å²) in [7, 11) is 0. The Bertz CT molecular complexity index is 787. The van der Waals surface area contributed by atoms with Crippen molar-refractivity contribution >= 4 is 18.4 Å². The molecular formula is C12H19ClN4O3. The number of hydrogen-bond acceptors (Lipinski definition) is 5. The zero-order chi connectivity index (χ0) is 21.0. The van der Waals surface area contributed by atoms with E-state index < -0.39 is 26.3 Å². The summed E-state index contributed by atoms with van der Waals surface area (Å²) < 4.78 is 61.1. The minimum Gasteiger partial charge on any atom is -0.461 e. The first kappa shape index (κ1) is 8.43. The van der Waals surface area contributed by atoms with Gasteiger partial charge in [-0.3, -0.25) is 0 Å². The summed E-state index contributed by atoms with van der Waals surface area (Å²) in [6.07, 6.45) is -0.616. The monoisotopic (exact) mass is 310 g/mol. The second-order valence-corrected chi connectivity index (χ2v) is 3.12. The average molecular weight is 311 g/mol. The molecular weight excluding hydrogens is 284 g/mol. The van der Waals surface area contributed by atoms with Gasteiger partial charge in [0.25, 0.3) is 0 Å². The molecule has 0 amide bonds. The number of halogens is 1. The Kier molecular flexibility index (Phi) is 3.84. The number of aromatic amines is 2. The lowest BCUT2D eigenvalue weighted by molar-refractivity contribution is 0.0519. The van der Waals surface area contributed by atoms with Crippen LogP contribution in [0.4, 0.5) is 0 Å². The van der Waals surface area contributed by atoms with Crippen molar-refractivity contribution in [2.75, 3.05) is 6.61 Å². The summed E-state index contributed by atoms with van der Waals surface area (Å²) in [5, 5.41) is 8.68. The highest BCUT2D eigenvalue weighted by Crippen LogP contribution is 2.01. The Hall–Kier alpha value is -1.86. The predicted octanol–water partition coefficient (Wildman–Crippen LogP) is 1.53. The number of carbonyl (C=O) groups excluding carboxylic acids is 1. The lowest BCUT2D eigenvalue weighted by Crippen LogP contribution is -2.06. The maximum absolute atomic E-state index is 11.3. The van der Waals surface area contributed by atoms with E-state index in [1.165, 1.54) is 0 Å². The number of nitrogens with zero attached hydrogens (tertiary/aromatic N) is 2. The molecule has 2 rings (SSSR count). The van der Waals surface area contributed by atoms with Crippen molar-refractivity contribution in [3.05, 3.63) is 35.4 Å². The number of rotatable bonds is 3. The summed E-state index contributed by atoms with van der Waals surface area (Å²) in [4.78, 5) is 22.7. The number of H-pyrrole nitrogens is 2. The number of ether oxygens (including phenoxy) is 1. The number of nitrogens with one attached hydrogen (secondary N) is 2. The smallest absolute Gasteiger partial charge is 0.358 e. The first-order valence-corrected chi connectivity index (χ1v) is 5.22. The molecule has 0 aliphatic heterocycles. The molecule has 0 radical (unpaired) electrons. The maximum atomic E-state index is 11.3. The maximum Gasteiger partial charge on any atom is 0.358 e. The number of carbonyl (C=O) groups is 1. The molecule has 20 heavy (non-hydrogen) atoms. The van der Waals surface area contributed by atoms with Gasteiger partial charge in [0.05, 0.1) is 31.5 Å². The minimum atomic E-state index is -2.51. The number of esters is 1. The van der Waals surface area contributed by atoms with Crippen molar-refractivity contribution in [2.45, 2.75) is 27.2 Å². The van der Waals surface area contributed by atoms with Crippen LogP contribution in [0.5, 0.6) is 0 Å². The molecule has 0 aliphatic carbocycles. The van der Waals surface area contributed by atoms with Crippen LogP contribution in [0.15, 0.2) is 12.6 Å². The lowest BCUT2D eigenvalue weighted by Gasteiger charge is -1.97. The first-order chi connectivity index (χ1) is 12.3. The van der Waals surface area contributed by atoms with Gasteiger partial charge in [-0.05, 0) is 20.6 Å². The van der Waals surface area contributed by atoms with Gasteiger partial charge in [-0.2, -0.15) is 0 Å². The number of aliphatic hydroxyl groups excluding tert-OH is 1. The van der Waals surface area contributed by atoms with Gasteiger partial charge in [0.2, 0.25) is 0 Å². The molecule has 8 heteroatoms. The number of imidazole rings is 2. The molecule has 7 nitrogen and oxygen atoms in total. The van der Waals surface area contributed by atoms with Gasteiger partial charge in [0.15, 0.2) is 5.69 Å². The van der Waals surface area contributed by atoms with Crippen LogP contribution >= 0.6 is 12.4 Å². The van der Waals surface area contributed by atoms with Crippen molar-refractivity contribution in [3.8, 4) is 0 Å². The van der Waals surface area contributed by atoms with Crippen LogP contribution in [-0.2, 0) is 11.3 Å². The highest BCUT2D eigenvalue weighted by Gasteiger charge is 2.11. The van der Waals surface area contributed by atoms with Crippen molar-refractivity contribution in [1.82, 2.24) is 19.9 Å². The molecule has 0 spiro atoms. The molecule has 0 aliphatic rings. The van der Waals surface area contributed by atoms with Gasteiger partial charge >= 0.3 is 5.97 Å². The van der Waals surface area contributed by atoms with Gasteiger partial charge in [-0.1, -0.05) is 0 Å². The van der Waals surface area contributed by atoms with E-state index in [0.717, 1.165) is 0 Å². The molecule has 112 valence electrons. The Morgan fingerprint density at radius 3 is 2.60 bits per heavy atom. The van der Waals surface area contributed by atoms with Crippen molar-refractivity contribution < 1.29 is 25.6 Å². The SMILES string of the molecule is Cl.[2H]c1nc(C(=O)OCC)c(C([2H])([2H])[2H])[nH]1.[2H]c1nc(CO)c(C([2H])([2H])[2H])[nH]1. The molecule has 0 bridgehead atoms. The zero-order valence-corrected chi connectivity index (χ0v) is 11.3. The molecule has 0 atom stereocenters. The fourth-order valence-electron chi connectivity index (χ4n) is 0.996. The summed E-state index contributed by atoms with van der Waals surface area (Å²) in [6.45, 7) is -3.59. The van der Waals surface area contributed by atoms with E-state index in [4.69, 9.17) is 16.1 Å². The van der Waals surface area contributed by atoms with Crippen LogP contribution < -0.4 is 0 Å². The van der Waals surface area contributed by atoms with Gasteiger partial charge in [-0.15, -0.1) is 12.4 Å². The second-order valence-electron chi connectivity index (χ2n) is 3.12. The van der Waals surface area contributed by atoms with E-state index >= 15 is 0 Å². The molecule has 0 fully saturated rings. The fourth-order valence-corrected chi connectivity index (χ4v) is 0.996. The van der Waals surface area contributed by atoms with Gasteiger partial charge in [0, 0.05) is 19.6 Å². The van der Waals surface area contributed by atoms with Crippen LogP contribution in [0.3, 0.4) is 0 Å². The highest BCUT2D eigenvalue weighted by atomic mass is 35.5. The van der Waals surface area contributed by atoms with E-state index in [2.05, 4.69) is 24.7 Å². The van der Waals surface area contributed by atoms with E-state index in [1.54, 1.807) is 6.92 Å². The third-order valence-electron chi connectivity index (χ3n) is 1.86. The largest absolute Gasteiger partial charge is 0.461 e. The molecule has 3 N–H and O–H groups in total. The van der Waals surface area contributed by atoms with Crippen molar-refractivity contribution in [2.24, 2.45) is 0 Å². The third kappa shape index (κ3) is 5.02. The molecule has 0 saturated heterocycles.